The fraction of sp³-hybridized carbons (Fsp3) is 0.353. The Kier molecular flexibility index (Phi) is 4.56. The zero-order chi connectivity index (χ0) is 17.4. The van der Waals surface area contributed by atoms with Crippen LogP contribution < -0.4 is 11.3 Å². The van der Waals surface area contributed by atoms with Gasteiger partial charge in [-0.25, -0.2) is 4.98 Å². The Morgan fingerprint density at radius 3 is 2.67 bits per heavy atom. The third-order valence-corrected chi connectivity index (χ3v) is 5.77. The van der Waals surface area contributed by atoms with Gasteiger partial charge in [0.2, 0.25) is 5.91 Å². The Morgan fingerprint density at radius 1 is 1.38 bits per heavy atom. The molecule has 126 valence electrons. The van der Waals surface area contributed by atoms with Crippen molar-refractivity contribution in [2.45, 2.75) is 39.2 Å². The number of hydrogen-bond acceptors (Lipinski definition) is 5. The Hall–Kier alpha value is -1.99. The van der Waals surface area contributed by atoms with E-state index < -0.39 is 11.9 Å². The van der Waals surface area contributed by atoms with E-state index in [2.05, 4.69) is 0 Å². The SMILES string of the molecule is CCC(C(N)=O)n1c(C(C)C)nc2scc(-c3cccs3)c2c1=O. The standard InChI is InChI=1S/C17H19N3O2S2/c1-4-11(14(18)21)20-15(9(2)3)19-16-13(17(20)22)10(8-24-16)12-6-5-7-23-12/h5-9,11H,4H2,1-3H3,(H2,18,21). The molecular formula is C17H19N3O2S2. The number of carbonyl (C=O) groups is 1. The summed E-state index contributed by atoms with van der Waals surface area (Å²) >= 11 is 3.04. The van der Waals surface area contributed by atoms with Crippen LogP contribution in [0.5, 0.6) is 0 Å². The molecule has 0 radical (unpaired) electrons. The lowest BCUT2D eigenvalue weighted by atomic mass is 10.1. The minimum atomic E-state index is -0.678. The zero-order valence-corrected chi connectivity index (χ0v) is 15.4. The normalized spacial score (nSPS) is 12.8. The highest BCUT2D eigenvalue weighted by molar-refractivity contribution is 7.18. The van der Waals surface area contributed by atoms with Crippen molar-refractivity contribution in [3.63, 3.8) is 0 Å². The number of primary amides is 1. The van der Waals surface area contributed by atoms with Crippen molar-refractivity contribution in [3.05, 3.63) is 39.1 Å². The number of amides is 1. The van der Waals surface area contributed by atoms with Gasteiger partial charge in [-0.2, -0.15) is 0 Å². The second-order valence-electron chi connectivity index (χ2n) is 5.93. The molecule has 24 heavy (non-hydrogen) atoms. The fourth-order valence-corrected chi connectivity index (χ4v) is 4.61. The molecule has 3 rings (SSSR count). The number of rotatable bonds is 5. The number of thiophene rings is 2. The maximum atomic E-state index is 13.3. The molecule has 5 nitrogen and oxygen atoms in total. The molecule has 1 atom stereocenters. The molecule has 1 amide bonds. The van der Waals surface area contributed by atoms with Gasteiger partial charge in [-0.1, -0.05) is 26.8 Å². The van der Waals surface area contributed by atoms with Gasteiger partial charge >= 0.3 is 0 Å². The van der Waals surface area contributed by atoms with Gasteiger partial charge in [-0.05, 0) is 17.9 Å². The van der Waals surface area contributed by atoms with Gasteiger partial charge in [-0.3, -0.25) is 14.2 Å². The van der Waals surface area contributed by atoms with Crippen molar-refractivity contribution < 1.29 is 4.79 Å². The number of fused-ring (bicyclic) bond motifs is 1. The summed E-state index contributed by atoms with van der Waals surface area (Å²) in [6.07, 6.45) is 0.459. The first-order chi connectivity index (χ1) is 11.5. The molecule has 3 heterocycles. The number of nitrogens with two attached hydrogens (primary N) is 1. The third kappa shape index (κ3) is 2.67. The minimum Gasteiger partial charge on any atom is -0.368 e. The molecule has 1 unspecified atom stereocenters. The van der Waals surface area contributed by atoms with E-state index in [1.165, 1.54) is 15.9 Å². The average molecular weight is 361 g/mol. The number of aromatic nitrogens is 2. The van der Waals surface area contributed by atoms with Crippen LogP contribution in [0.2, 0.25) is 0 Å². The van der Waals surface area contributed by atoms with Crippen LogP contribution in [0.15, 0.2) is 27.7 Å². The fourth-order valence-electron chi connectivity index (χ4n) is 2.85. The Balaban J connectivity index is 2.38. The smallest absolute Gasteiger partial charge is 0.263 e. The molecule has 0 aromatic carbocycles. The van der Waals surface area contributed by atoms with Crippen LogP contribution in [0, 0.1) is 0 Å². The number of carbonyl (C=O) groups excluding carboxylic acids is 1. The predicted octanol–water partition coefficient (Wildman–Crippen LogP) is 3.75. The van der Waals surface area contributed by atoms with Gasteiger partial charge in [0.25, 0.3) is 5.56 Å². The van der Waals surface area contributed by atoms with Gasteiger partial charge in [-0.15, -0.1) is 22.7 Å². The van der Waals surface area contributed by atoms with E-state index in [1.807, 2.05) is 43.7 Å². The molecule has 0 aliphatic rings. The lowest BCUT2D eigenvalue weighted by Crippen LogP contribution is -2.36. The minimum absolute atomic E-state index is 0.0165. The topological polar surface area (TPSA) is 78.0 Å². The first-order valence-electron chi connectivity index (χ1n) is 7.82. The average Bonchev–Trinajstić information content (AvgIpc) is 3.17. The van der Waals surface area contributed by atoms with Gasteiger partial charge in [0.15, 0.2) is 0 Å². The number of nitrogens with zero attached hydrogens (tertiary/aromatic N) is 2. The van der Waals surface area contributed by atoms with E-state index in [4.69, 9.17) is 10.7 Å². The maximum Gasteiger partial charge on any atom is 0.263 e. The summed E-state index contributed by atoms with van der Waals surface area (Å²) in [4.78, 5) is 31.6. The van der Waals surface area contributed by atoms with E-state index in [0.29, 0.717) is 22.5 Å². The van der Waals surface area contributed by atoms with Crippen LogP contribution in [0.3, 0.4) is 0 Å². The number of hydrogen-bond donors (Lipinski definition) is 1. The predicted molar refractivity (Wildman–Crippen MR) is 99.8 cm³/mol. The van der Waals surface area contributed by atoms with Crippen LogP contribution in [-0.2, 0) is 4.79 Å². The van der Waals surface area contributed by atoms with E-state index in [9.17, 15) is 9.59 Å². The van der Waals surface area contributed by atoms with Gasteiger partial charge in [0.05, 0.1) is 5.39 Å². The highest BCUT2D eigenvalue weighted by Crippen LogP contribution is 2.34. The lowest BCUT2D eigenvalue weighted by molar-refractivity contribution is -0.121. The Morgan fingerprint density at radius 2 is 2.12 bits per heavy atom. The third-order valence-electron chi connectivity index (χ3n) is 4.00. The van der Waals surface area contributed by atoms with Crippen molar-refractivity contribution in [1.82, 2.24) is 9.55 Å². The van der Waals surface area contributed by atoms with Gasteiger partial charge in [0, 0.05) is 21.7 Å². The highest BCUT2D eigenvalue weighted by Gasteiger charge is 2.25. The highest BCUT2D eigenvalue weighted by atomic mass is 32.1. The molecule has 0 saturated carbocycles. The molecule has 0 spiro atoms. The molecule has 0 bridgehead atoms. The molecule has 0 aliphatic carbocycles. The summed E-state index contributed by atoms with van der Waals surface area (Å²) in [5.41, 5.74) is 6.25. The van der Waals surface area contributed by atoms with Crippen molar-refractivity contribution in [2.75, 3.05) is 0 Å². The van der Waals surface area contributed by atoms with Crippen molar-refractivity contribution in [1.29, 1.82) is 0 Å². The molecule has 3 aromatic heterocycles. The molecule has 3 aromatic rings. The van der Waals surface area contributed by atoms with E-state index in [-0.39, 0.29) is 11.5 Å². The van der Waals surface area contributed by atoms with Crippen LogP contribution >= 0.6 is 22.7 Å². The Labute approximate surface area is 147 Å². The summed E-state index contributed by atoms with van der Waals surface area (Å²) in [6.45, 7) is 5.78. The first kappa shape index (κ1) is 16.9. The van der Waals surface area contributed by atoms with E-state index in [0.717, 1.165) is 10.4 Å². The summed E-state index contributed by atoms with van der Waals surface area (Å²) in [6, 6.07) is 3.26. The first-order valence-corrected chi connectivity index (χ1v) is 9.58. The Bertz CT molecular complexity index is 939. The molecule has 7 heteroatoms. The molecule has 2 N–H and O–H groups in total. The van der Waals surface area contributed by atoms with Crippen LogP contribution in [-0.4, -0.2) is 15.5 Å². The quantitative estimate of drug-likeness (QED) is 0.752. The lowest BCUT2D eigenvalue weighted by Gasteiger charge is -2.20. The zero-order valence-electron chi connectivity index (χ0n) is 13.8. The second kappa shape index (κ2) is 6.49. The van der Waals surface area contributed by atoms with Gasteiger partial charge in [0.1, 0.15) is 16.7 Å². The molecule has 0 aliphatic heterocycles. The summed E-state index contributed by atoms with van der Waals surface area (Å²) < 4.78 is 1.50. The van der Waals surface area contributed by atoms with Crippen LogP contribution in [0.1, 0.15) is 45.0 Å². The molecule has 0 fully saturated rings. The van der Waals surface area contributed by atoms with E-state index in [1.54, 1.807) is 11.3 Å². The summed E-state index contributed by atoms with van der Waals surface area (Å²) in [7, 11) is 0. The van der Waals surface area contributed by atoms with Crippen molar-refractivity contribution in [3.8, 4) is 10.4 Å². The van der Waals surface area contributed by atoms with Crippen molar-refractivity contribution >= 4 is 38.8 Å². The maximum absolute atomic E-state index is 13.3. The van der Waals surface area contributed by atoms with Crippen LogP contribution in [0.25, 0.3) is 20.7 Å². The monoisotopic (exact) mass is 361 g/mol. The van der Waals surface area contributed by atoms with Crippen LogP contribution in [0.4, 0.5) is 0 Å². The largest absolute Gasteiger partial charge is 0.368 e. The van der Waals surface area contributed by atoms with E-state index >= 15 is 0 Å². The summed E-state index contributed by atoms with van der Waals surface area (Å²) in [5, 5.41) is 4.52. The summed E-state index contributed by atoms with van der Waals surface area (Å²) in [5.74, 6) is 0.121. The van der Waals surface area contributed by atoms with Crippen molar-refractivity contribution in [2.24, 2.45) is 5.73 Å². The van der Waals surface area contributed by atoms with Gasteiger partial charge < -0.3 is 5.73 Å². The second-order valence-corrected chi connectivity index (χ2v) is 7.74. The molecule has 0 saturated heterocycles. The molecular weight excluding hydrogens is 342 g/mol.